The first-order chi connectivity index (χ1) is 13.2. The lowest BCUT2D eigenvalue weighted by atomic mass is 10.1. The average molecular weight is 437 g/mol. The van der Waals surface area contributed by atoms with Crippen LogP contribution < -0.4 is 5.73 Å². The molecule has 0 spiro atoms. The van der Waals surface area contributed by atoms with Gasteiger partial charge in [0.2, 0.25) is 5.89 Å². The van der Waals surface area contributed by atoms with Gasteiger partial charge in [-0.3, -0.25) is 9.98 Å². The van der Waals surface area contributed by atoms with Gasteiger partial charge in [0.15, 0.2) is 9.84 Å². The summed E-state index contributed by atoms with van der Waals surface area (Å²) in [6, 6.07) is 3.06. The topological polar surface area (TPSA) is 111 Å². The third-order valence-electron chi connectivity index (χ3n) is 4.78. The first-order valence-corrected chi connectivity index (χ1v) is 11.2. The highest BCUT2D eigenvalue weighted by Crippen LogP contribution is 2.42. The van der Waals surface area contributed by atoms with Crippen LogP contribution in [0.4, 0.5) is 0 Å². The van der Waals surface area contributed by atoms with Crippen LogP contribution in [0.25, 0.3) is 21.9 Å². The quantitative estimate of drug-likeness (QED) is 0.669. The minimum Gasteiger partial charge on any atom is -0.444 e. The summed E-state index contributed by atoms with van der Waals surface area (Å²) in [6.45, 7) is 3.14. The molecule has 0 amide bonds. The summed E-state index contributed by atoms with van der Waals surface area (Å²) in [5.41, 5.74) is 7.52. The van der Waals surface area contributed by atoms with Gasteiger partial charge in [0.25, 0.3) is 0 Å². The highest BCUT2D eigenvalue weighted by Gasteiger charge is 2.44. The van der Waals surface area contributed by atoms with Crippen LogP contribution in [0.1, 0.15) is 24.8 Å². The number of amidine groups is 1. The molecule has 1 aliphatic heterocycles. The maximum atomic E-state index is 12.6. The fraction of sp³-hybridized carbons (Fsp3) is 0.278. The van der Waals surface area contributed by atoms with Gasteiger partial charge in [0, 0.05) is 27.7 Å². The van der Waals surface area contributed by atoms with Crippen molar-refractivity contribution in [2.45, 2.75) is 24.6 Å². The zero-order valence-corrected chi connectivity index (χ0v) is 17.5. The molecule has 3 aromatic rings. The SMILES string of the molecule is CC1(C)C(N)=N[C@H](c2sc(-c3cncc(-c4ncco4)c3)cc2Cl)CS1(=O)=O. The summed E-state index contributed by atoms with van der Waals surface area (Å²) >= 11 is 7.81. The van der Waals surface area contributed by atoms with E-state index in [2.05, 4.69) is 15.0 Å². The molecule has 28 heavy (non-hydrogen) atoms. The van der Waals surface area contributed by atoms with E-state index in [4.69, 9.17) is 21.8 Å². The minimum atomic E-state index is -3.46. The Balaban J connectivity index is 1.73. The van der Waals surface area contributed by atoms with E-state index in [9.17, 15) is 8.42 Å². The van der Waals surface area contributed by atoms with Crippen molar-refractivity contribution in [2.75, 3.05) is 5.75 Å². The smallest absolute Gasteiger partial charge is 0.227 e. The lowest BCUT2D eigenvalue weighted by Gasteiger charge is -2.31. The van der Waals surface area contributed by atoms with Crippen molar-refractivity contribution >= 4 is 38.6 Å². The van der Waals surface area contributed by atoms with Gasteiger partial charge in [0.05, 0.1) is 22.5 Å². The van der Waals surface area contributed by atoms with E-state index < -0.39 is 20.6 Å². The van der Waals surface area contributed by atoms with Gasteiger partial charge in [-0.1, -0.05) is 11.6 Å². The van der Waals surface area contributed by atoms with E-state index in [1.165, 1.54) is 17.6 Å². The normalized spacial score (nSPS) is 20.7. The van der Waals surface area contributed by atoms with Crippen LogP contribution in [0, 0.1) is 0 Å². The van der Waals surface area contributed by atoms with Gasteiger partial charge in [-0.05, 0) is 26.0 Å². The molecule has 0 unspecified atom stereocenters. The van der Waals surface area contributed by atoms with Crippen LogP contribution in [0.2, 0.25) is 5.02 Å². The highest BCUT2D eigenvalue weighted by molar-refractivity contribution is 7.93. The summed E-state index contributed by atoms with van der Waals surface area (Å²) in [5, 5.41) is 0.456. The van der Waals surface area contributed by atoms with Crippen molar-refractivity contribution in [1.29, 1.82) is 0 Å². The predicted octanol–water partition coefficient (Wildman–Crippen LogP) is 3.72. The van der Waals surface area contributed by atoms with Gasteiger partial charge in [-0.2, -0.15) is 0 Å². The number of nitrogens with two attached hydrogens (primary N) is 1. The average Bonchev–Trinajstić information content (AvgIpc) is 3.29. The van der Waals surface area contributed by atoms with Crippen molar-refractivity contribution < 1.29 is 12.8 Å². The Hall–Kier alpha value is -2.23. The Morgan fingerprint density at radius 1 is 1.29 bits per heavy atom. The summed E-state index contributed by atoms with van der Waals surface area (Å²) in [5.74, 6) is 0.437. The van der Waals surface area contributed by atoms with Crippen molar-refractivity contribution in [3.05, 3.63) is 46.9 Å². The van der Waals surface area contributed by atoms with E-state index in [1.54, 1.807) is 38.5 Å². The molecule has 0 aliphatic carbocycles. The van der Waals surface area contributed by atoms with Crippen molar-refractivity contribution in [3.8, 4) is 21.9 Å². The molecule has 2 N–H and O–H groups in total. The van der Waals surface area contributed by atoms with Crippen LogP contribution in [0.3, 0.4) is 0 Å². The monoisotopic (exact) mass is 436 g/mol. The van der Waals surface area contributed by atoms with Crippen molar-refractivity contribution in [1.82, 2.24) is 9.97 Å². The molecule has 1 atom stereocenters. The van der Waals surface area contributed by atoms with Gasteiger partial charge >= 0.3 is 0 Å². The summed E-state index contributed by atoms with van der Waals surface area (Å²) < 4.78 is 29.4. The van der Waals surface area contributed by atoms with Crippen LogP contribution >= 0.6 is 22.9 Å². The molecular weight excluding hydrogens is 420 g/mol. The number of hydrogen-bond donors (Lipinski definition) is 1. The Kier molecular flexibility index (Phi) is 4.56. The third-order valence-corrected chi connectivity index (χ3v) is 9.01. The molecular formula is C18H17ClN4O3S2. The predicted molar refractivity (Wildman–Crippen MR) is 110 cm³/mol. The summed E-state index contributed by atoms with van der Waals surface area (Å²) in [7, 11) is -3.46. The molecule has 4 rings (SSSR count). The fourth-order valence-corrected chi connectivity index (χ4v) is 5.92. The number of pyridine rings is 1. The molecule has 1 aliphatic rings. The van der Waals surface area contributed by atoms with E-state index in [0.717, 1.165) is 16.0 Å². The molecule has 0 saturated carbocycles. The lowest BCUT2D eigenvalue weighted by Crippen LogP contribution is -2.50. The number of rotatable bonds is 3. The number of oxazole rings is 1. The lowest BCUT2D eigenvalue weighted by molar-refractivity contribution is 0.562. The second-order valence-corrected chi connectivity index (χ2v) is 11.0. The number of thiophene rings is 1. The molecule has 10 heteroatoms. The molecule has 0 aromatic carbocycles. The van der Waals surface area contributed by atoms with Gasteiger partial charge in [-0.15, -0.1) is 11.3 Å². The van der Waals surface area contributed by atoms with E-state index >= 15 is 0 Å². The Morgan fingerprint density at radius 3 is 2.71 bits per heavy atom. The summed E-state index contributed by atoms with van der Waals surface area (Å²) in [4.78, 5) is 14.3. The number of hydrogen-bond acceptors (Lipinski definition) is 8. The van der Waals surface area contributed by atoms with Crippen molar-refractivity contribution in [2.24, 2.45) is 10.7 Å². The number of halogens is 1. The van der Waals surface area contributed by atoms with Crippen molar-refractivity contribution in [3.63, 3.8) is 0 Å². The zero-order valence-electron chi connectivity index (χ0n) is 15.1. The number of aliphatic imine (C=N–C) groups is 1. The minimum absolute atomic E-state index is 0.0994. The Morgan fingerprint density at radius 2 is 2.04 bits per heavy atom. The maximum Gasteiger partial charge on any atom is 0.227 e. The van der Waals surface area contributed by atoms with E-state index in [0.29, 0.717) is 15.8 Å². The molecule has 0 saturated heterocycles. The van der Waals surface area contributed by atoms with Gasteiger partial charge in [-0.25, -0.2) is 13.4 Å². The molecule has 4 heterocycles. The largest absolute Gasteiger partial charge is 0.444 e. The molecule has 0 bridgehead atoms. The van der Waals surface area contributed by atoms with Crippen LogP contribution in [-0.2, 0) is 9.84 Å². The second-order valence-electron chi connectivity index (χ2n) is 6.94. The fourth-order valence-electron chi connectivity index (χ4n) is 2.88. The molecule has 3 aromatic heterocycles. The standard InChI is InChI=1S/C18H17ClN4O3S2/c1-18(2)17(20)23-13(9-28(18,24)25)15-12(19)6-14(27-15)10-5-11(8-21-7-10)16-22-3-4-26-16/h3-8,13H,9H2,1-2H3,(H2,20,23)/t13-/m0/s1. The Labute approximate surface area is 171 Å². The summed E-state index contributed by atoms with van der Waals surface area (Å²) in [6.07, 6.45) is 6.42. The molecule has 7 nitrogen and oxygen atoms in total. The maximum absolute atomic E-state index is 12.6. The van der Waals surface area contributed by atoms with Gasteiger partial charge in [0.1, 0.15) is 22.9 Å². The van der Waals surface area contributed by atoms with Gasteiger partial charge < -0.3 is 10.2 Å². The van der Waals surface area contributed by atoms with Crippen LogP contribution in [0.5, 0.6) is 0 Å². The van der Waals surface area contributed by atoms with Crippen LogP contribution in [0.15, 0.2) is 46.4 Å². The number of nitrogens with zero attached hydrogens (tertiary/aromatic N) is 3. The van der Waals surface area contributed by atoms with E-state index in [-0.39, 0.29) is 11.6 Å². The van der Waals surface area contributed by atoms with Crippen LogP contribution in [-0.4, -0.2) is 34.7 Å². The Bertz CT molecular complexity index is 1170. The number of sulfone groups is 1. The molecule has 0 fully saturated rings. The number of aromatic nitrogens is 2. The molecule has 146 valence electrons. The molecule has 0 radical (unpaired) electrons. The second kappa shape index (κ2) is 6.68. The van der Waals surface area contributed by atoms with E-state index in [1.807, 2.05) is 6.07 Å². The first kappa shape index (κ1) is 19.1. The zero-order chi connectivity index (χ0) is 20.1. The first-order valence-electron chi connectivity index (χ1n) is 8.39. The third kappa shape index (κ3) is 3.13. The highest BCUT2D eigenvalue weighted by atomic mass is 35.5.